The largest absolute Gasteiger partial charge is 0.383 e. The van der Waals surface area contributed by atoms with E-state index in [1.807, 2.05) is 0 Å². The quantitative estimate of drug-likeness (QED) is 0.774. The van der Waals surface area contributed by atoms with E-state index in [0.29, 0.717) is 16.4 Å². The number of rotatable bonds is 4. The first kappa shape index (κ1) is 12.2. The second kappa shape index (κ2) is 4.75. The van der Waals surface area contributed by atoms with Crippen molar-refractivity contribution >= 4 is 37.5 Å². The third-order valence-corrected chi connectivity index (χ3v) is 2.82. The van der Waals surface area contributed by atoms with Gasteiger partial charge in [0.25, 0.3) is 0 Å². The number of aromatic nitrogens is 2. The van der Waals surface area contributed by atoms with Crippen molar-refractivity contribution in [2.24, 2.45) is 0 Å². The summed E-state index contributed by atoms with van der Waals surface area (Å²) in [6.45, 7) is 0.259. The SMILES string of the molecule is CS(=O)(=O)CCNc1nc(N)cc(Br)n1. The lowest BCUT2D eigenvalue weighted by Gasteiger charge is -2.04. The zero-order valence-electron chi connectivity index (χ0n) is 8.07. The summed E-state index contributed by atoms with van der Waals surface area (Å²) in [5.41, 5.74) is 5.48. The normalized spacial score (nSPS) is 11.3. The van der Waals surface area contributed by atoms with Crippen molar-refractivity contribution in [3.05, 3.63) is 10.7 Å². The molecule has 0 fully saturated rings. The minimum atomic E-state index is -2.98. The zero-order chi connectivity index (χ0) is 11.5. The molecule has 1 aromatic rings. The van der Waals surface area contributed by atoms with Crippen LogP contribution >= 0.6 is 15.9 Å². The van der Waals surface area contributed by atoms with Gasteiger partial charge in [0.05, 0.1) is 5.75 Å². The number of sulfone groups is 1. The predicted octanol–water partition coefficient (Wildman–Crippen LogP) is 0.278. The first-order valence-electron chi connectivity index (χ1n) is 4.08. The van der Waals surface area contributed by atoms with E-state index in [2.05, 4.69) is 31.2 Å². The monoisotopic (exact) mass is 294 g/mol. The Morgan fingerprint density at radius 2 is 2.20 bits per heavy atom. The van der Waals surface area contributed by atoms with Crippen LogP contribution in [-0.2, 0) is 9.84 Å². The molecule has 0 unspecified atom stereocenters. The van der Waals surface area contributed by atoms with Gasteiger partial charge in [0, 0.05) is 18.9 Å². The van der Waals surface area contributed by atoms with Crippen LogP contribution in [0.5, 0.6) is 0 Å². The lowest BCUT2D eigenvalue weighted by molar-refractivity contribution is 0.602. The minimum absolute atomic E-state index is 0.0305. The second-order valence-electron chi connectivity index (χ2n) is 3.00. The molecule has 0 aromatic carbocycles. The molecule has 0 bridgehead atoms. The summed E-state index contributed by atoms with van der Waals surface area (Å²) in [4.78, 5) is 7.86. The molecule has 15 heavy (non-hydrogen) atoms. The zero-order valence-corrected chi connectivity index (χ0v) is 10.5. The maximum atomic E-state index is 10.8. The number of nitrogens with one attached hydrogen (secondary N) is 1. The highest BCUT2D eigenvalue weighted by atomic mass is 79.9. The van der Waals surface area contributed by atoms with Gasteiger partial charge in [-0.05, 0) is 15.9 Å². The van der Waals surface area contributed by atoms with Crippen LogP contribution in [0.1, 0.15) is 0 Å². The molecule has 84 valence electrons. The van der Waals surface area contributed by atoms with Gasteiger partial charge in [-0.25, -0.2) is 13.4 Å². The molecule has 8 heteroatoms. The summed E-state index contributed by atoms with van der Waals surface area (Å²) in [6, 6.07) is 1.56. The van der Waals surface area contributed by atoms with E-state index in [-0.39, 0.29) is 12.3 Å². The molecule has 0 spiro atoms. The predicted molar refractivity (Wildman–Crippen MR) is 62.3 cm³/mol. The van der Waals surface area contributed by atoms with E-state index in [9.17, 15) is 8.42 Å². The summed E-state index contributed by atoms with van der Waals surface area (Å²) >= 11 is 3.16. The Labute approximate surface area is 96.3 Å². The van der Waals surface area contributed by atoms with E-state index in [1.54, 1.807) is 6.07 Å². The Morgan fingerprint density at radius 3 is 2.73 bits per heavy atom. The highest BCUT2D eigenvalue weighted by Crippen LogP contribution is 2.11. The molecule has 1 rings (SSSR count). The molecule has 0 radical (unpaired) electrons. The Kier molecular flexibility index (Phi) is 3.86. The molecule has 0 amide bonds. The Bertz CT molecular complexity index is 428. The van der Waals surface area contributed by atoms with E-state index in [0.717, 1.165) is 0 Å². The van der Waals surface area contributed by atoms with Crippen LogP contribution in [0.4, 0.5) is 11.8 Å². The molecule has 0 saturated heterocycles. The molecular formula is C7H11BrN4O2S. The van der Waals surface area contributed by atoms with Gasteiger partial charge < -0.3 is 11.1 Å². The standard InChI is InChI=1S/C7H11BrN4O2S/c1-15(13,14)3-2-10-7-11-5(8)4-6(9)12-7/h4H,2-3H2,1H3,(H3,9,10,11,12). The maximum Gasteiger partial charge on any atom is 0.225 e. The van der Waals surface area contributed by atoms with Gasteiger partial charge in [-0.1, -0.05) is 0 Å². The van der Waals surface area contributed by atoms with Crippen LogP contribution in [0.2, 0.25) is 0 Å². The van der Waals surface area contributed by atoms with Crippen LogP contribution in [0.25, 0.3) is 0 Å². The minimum Gasteiger partial charge on any atom is -0.383 e. The summed E-state index contributed by atoms with van der Waals surface area (Å²) in [5, 5.41) is 2.77. The third kappa shape index (κ3) is 4.93. The highest BCUT2D eigenvalue weighted by Gasteiger charge is 2.03. The van der Waals surface area contributed by atoms with Crippen molar-refractivity contribution in [3.63, 3.8) is 0 Å². The number of hydrogen-bond donors (Lipinski definition) is 2. The van der Waals surface area contributed by atoms with Gasteiger partial charge in [0.15, 0.2) is 0 Å². The van der Waals surface area contributed by atoms with Gasteiger partial charge in [-0.3, -0.25) is 0 Å². The first-order chi connectivity index (χ1) is 6.87. The number of halogens is 1. The van der Waals surface area contributed by atoms with Gasteiger partial charge in [-0.15, -0.1) is 0 Å². The van der Waals surface area contributed by atoms with Crippen LogP contribution in [0, 0.1) is 0 Å². The topological polar surface area (TPSA) is 98.0 Å². The Hall–Kier alpha value is -0.890. The fourth-order valence-corrected chi connectivity index (χ4v) is 1.74. The Balaban J connectivity index is 2.58. The molecule has 1 heterocycles. The van der Waals surface area contributed by atoms with Crippen LogP contribution in [-0.4, -0.2) is 36.9 Å². The van der Waals surface area contributed by atoms with Crippen molar-refractivity contribution in [2.45, 2.75) is 0 Å². The smallest absolute Gasteiger partial charge is 0.225 e. The van der Waals surface area contributed by atoms with Gasteiger partial charge >= 0.3 is 0 Å². The number of nitrogens with two attached hydrogens (primary N) is 1. The van der Waals surface area contributed by atoms with Gasteiger partial charge in [0.2, 0.25) is 5.95 Å². The maximum absolute atomic E-state index is 10.8. The molecule has 0 saturated carbocycles. The van der Waals surface area contributed by atoms with Crippen molar-refractivity contribution < 1.29 is 8.42 Å². The molecule has 0 aliphatic heterocycles. The van der Waals surface area contributed by atoms with Crippen molar-refractivity contribution in [1.82, 2.24) is 9.97 Å². The summed E-state index contributed by atoms with van der Waals surface area (Å²) in [6.07, 6.45) is 1.17. The third-order valence-electron chi connectivity index (χ3n) is 1.47. The Morgan fingerprint density at radius 1 is 1.53 bits per heavy atom. The van der Waals surface area contributed by atoms with Crippen LogP contribution in [0.15, 0.2) is 10.7 Å². The molecule has 0 atom stereocenters. The molecule has 0 aliphatic rings. The van der Waals surface area contributed by atoms with E-state index in [4.69, 9.17) is 5.73 Å². The molecule has 0 aliphatic carbocycles. The van der Waals surface area contributed by atoms with Crippen LogP contribution < -0.4 is 11.1 Å². The van der Waals surface area contributed by atoms with E-state index in [1.165, 1.54) is 6.26 Å². The fourth-order valence-electron chi connectivity index (χ4n) is 0.862. The lowest BCUT2D eigenvalue weighted by Crippen LogP contribution is -2.15. The summed E-state index contributed by atoms with van der Waals surface area (Å²) in [5.74, 6) is 0.659. The molecule has 3 N–H and O–H groups in total. The number of anilines is 2. The van der Waals surface area contributed by atoms with Gasteiger partial charge in [0.1, 0.15) is 20.3 Å². The average Bonchev–Trinajstić information content (AvgIpc) is 1.99. The summed E-state index contributed by atoms with van der Waals surface area (Å²) in [7, 11) is -2.98. The van der Waals surface area contributed by atoms with Crippen molar-refractivity contribution in [3.8, 4) is 0 Å². The number of hydrogen-bond acceptors (Lipinski definition) is 6. The highest BCUT2D eigenvalue weighted by molar-refractivity contribution is 9.10. The van der Waals surface area contributed by atoms with E-state index >= 15 is 0 Å². The number of nitrogen functional groups attached to an aromatic ring is 1. The number of nitrogens with zero attached hydrogens (tertiary/aromatic N) is 2. The van der Waals surface area contributed by atoms with Gasteiger partial charge in [-0.2, -0.15) is 4.98 Å². The first-order valence-corrected chi connectivity index (χ1v) is 6.94. The second-order valence-corrected chi connectivity index (χ2v) is 6.07. The van der Waals surface area contributed by atoms with Crippen LogP contribution in [0.3, 0.4) is 0 Å². The molecule has 6 nitrogen and oxygen atoms in total. The molecular weight excluding hydrogens is 284 g/mol. The van der Waals surface area contributed by atoms with Crippen molar-refractivity contribution in [2.75, 3.05) is 29.6 Å². The average molecular weight is 295 g/mol. The van der Waals surface area contributed by atoms with Crippen molar-refractivity contribution in [1.29, 1.82) is 0 Å². The van der Waals surface area contributed by atoms with E-state index < -0.39 is 9.84 Å². The summed E-state index contributed by atoms with van der Waals surface area (Å²) < 4.78 is 22.2. The molecule has 1 aromatic heterocycles. The fraction of sp³-hybridized carbons (Fsp3) is 0.429. The lowest BCUT2D eigenvalue weighted by atomic mass is 10.6.